The van der Waals surface area contributed by atoms with Crippen molar-refractivity contribution < 1.29 is 110 Å². The van der Waals surface area contributed by atoms with E-state index in [2.05, 4.69) is 12.5 Å². The van der Waals surface area contributed by atoms with E-state index < -0.39 is 195 Å². The van der Waals surface area contributed by atoms with E-state index in [1.54, 1.807) is 0 Å². The van der Waals surface area contributed by atoms with E-state index in [0.29, 0.717) is 5.75 Å². The van der Waals surface area contributed by atoms with Gasteiger partial charge in [0.15, 0.2) is 5.75 Å². The normalized spacial score (nSPS) is 13.6. The Kier molecular flexibility index (Phi) is 15.7. The summed E-state index contributed by atoms with van der Waals surface area (Å²) in [5.41, 5.74) is -28.2. The van der Waals surface area contributed by atoms with Crippen molar-refractivity contribution in [2.45, 2.75) is 56.3 Å². The second-order valence-corrected chi connectivity index (χ2v) is 17.9. The fourth-order valence-corrected chi connectivity index (χ4v) is 7.93. The highest BCUT2D eigenvalue weighted by Gasteiger charge is 2.47. The first-order chi connectivity index (χ1) is 31.4. The third-order valence-corrected chi connectivity index (χ3v) is 11.0. The minimum atomic E-state index is -6.13. The van der Waals surface area contributed by atoms with E-state index in [1.807, 2.05) is 31.2 Å². The van der Waals surface area contributed by atoms with Gasteiger partial charge in [-0.1, -0.05) is 72.3 Å². The van der Waals surface area contributed by atoms with Gasteiger partial charge in [-0.05, 0) is 48.2 Å². The molecule has 0 aliphatic rings. The molecular weight excluding hydrogens is 1030 g/mol. The maximum atomic E-state index is 14.2. The molecule has 5 rings (SSSR count). The zero-order chi connectivity index (χ0) is 53.8. The molecule has 0 saturated heterocycles. The lowest BCUT2D eigenvalue weighted by Crippen LogP contribution is -2.75. The van der Waals surface area contributed by atoms with Crippen LogP contribution in [0.2, 0.25) is 0 Å². The lowest BCUT2D eigenvalue weighted by atomic mass is 9.12. The van der Waals surface area contributed by atoms with Crippen molar-refractivity contribution in [2.75, 3.05) is 18.3 Å². The number of carbonyl (C=O) groups excluding carboxylic acids is 1. The molecule has 0 aromatic heterocycles. The van der Waals surface area contributed by atoms with Gasteiger partial charge in [-0.15, -0.1) is 0 Å². The summed E-state index contributed by atoms with van der Waals surface area (Å²) in [6.07, 6.45) is -50.6. The number of benzene rings is 5. The Hall–Kier alpha value is -5.50. The predicted molar refractivity (Wildman–Crippen MR) is 210 cm³/mol. The van der Waals surface area contributed by atoms with Crippen molar-refractivity contribution in [1.29, 1.82) is 0 Å². The van der Waals surface area contributed by atoms with Crippen molar-refractivity contribution >= 4 is 44.7 Å². The van der Waals surface area contributed by atoms with Gasteiger partial charge >= 0.3 is 49.4 Å². The molecule has 0 N–H and O–H groups in total. The first kappa shape index (κ1) is 57.1. The summed E-state index contributed by atoms with van der Waals surface area (Å²) in [4.78, 5) is 11.6. The van der Waals surface area contributed by atoms with Crippen molar-refractivity contribution in [3.8, 4) is 0 Å². The molecule has 5 aromatic rings. The van der Waals surface area contributed by atoms with Gasteiger partial charge < -0.3 is 0 Å². The number of hydrogen-bond donors (Lipinski definition) is 0. The molecule has 27 heteroatoms. The van der Waals surface area contributed by atoms with Crippen molar-refractivity contribution in [2.24, 2.45) is 0 Å². The summed E-state index contributed by atoms with van der Waals surface area (Å²) in [6, 6.07) is -1.02. The van der Waals surface area contributed by atoms with Crippen LogP contribution in [0.3, 0.4) is 0 Å². The van der Waals surface area contributed by atoms with Gasteiger partial charge in [-0.25, -0.2) is 0 Å². The second kappa shape index (κ2) is 19.3. The van der Waals surface area contributed by atoms with Crippen LogP contribution in [0.15, 0.2) is 97.1 Å². The van der Waals surface area contributed by atoms with Gasteiger partial charge in [-0.3, -0.25) is 4.79 Å². The highest BCUT2D eigenvalue weighted by molar-refractivity contribution is 7.96. The Bertz CT molecular complexity index is 2260. The van der Waals surface area contributed by atoms with Gasteiger partial charge in [0.2, 0.25) is 5.78 Å². The van der Waals surface area contributed by atoms with E-state index in [0.717, 1.165) is 11.1 Å². The molecule has 0 spiro atoms. The molecule has 382 valence electrons. The van der Waals surface area contributed by atoms with Gasteiger partial charge in [0.05, 0.1) is 57.0 Å². The van der Waals surface area contributed by atoms with Crippen molar-refractivity contribution in [3.05, 3.63) is 153 Å². The van der Waals surface area contributed by atoms with E-state index in [4.69, 9.17) is 0 Å². The SMILES string of the molecule is Cc1cccc(C(=O)C[S+](C)C)c1.FC(F)(F)c1cc([B-](c2cc(C(F)(F)F)cc(C(F)(F)F)c2)(c2cc(C(F)(F)F)cc(C(F)(F)F)c2)c2cc(C(F)(F)F)cc(C(F)(F)F)c2)cc(C(F)(F)F)c1. The van der Waals surface area contributed by atoms with E-state index >= 15 is 0 Å². The number of Topliss-reactive ketones (excluding diaryl/α,β-unsaturated/α-hetero) is 1. The maximum absolute atomic E-state index is 14.2. The molecular formula is C43H27BF24OS. The van der Waals surface area contributed by atoms with Gasteiger partial charge in [0.25, 0.3) is 0 Å². The number of halogens is 24. The van der Waals surface area contributed by atoms with E-state index in [-0.39, 0.29) is 16.7 Å². The average Bonchev–Trinajstić information content (AvgIpc) is 3.18. The van der Waals surface area contributed by atoms with Crippen LogP contribution in [0, 0.1) is 6.92 Å². The number of carbonyl (C=O) groups is 1. The Morgan fingerprint density at radius 3 is 0.757 bits per heavy atom. The molecule has 0 unspecified atom stereocenters. The lowest BCUT2D eigenvalue weighted by Gasteiger charge is -2.46. The van der Waals surface area contributed by atoms with Gasteiger partial charge in [0.1, 0.15) is 6.15 Å². The zero-order valence-corrected chi connectivity index (χ0v) is 35.7. The largest absolute Gasteiger partial charge is 0.416 e. The van der Waals surface area contributed by atoms with Crippen LogP contribution in [0.5, 0.6) is 0 Å². The molecule has 0 saturated carbocycles. The third-order valence-electron chi connectivity index (χ3n) is 10.2. The average molecular weight is 1060 g/mol. The quantitative estimate of drug-likeness (QED) is 0.0687. The fraction of sp³-hybridized carbons (Fsp3) is 0.279. The highest BCUT2D eigenvalue weighted by atomic mass is 32.2. The highest BCUT2D eigenvalue weighted by Crippen LogP contribution is 2.41. The van der Waals surface area contributed by atoms with Gasteiger partial charge in [0, 0.05) is 5.56 Å². The Morgan fingerprint density at radius 2 is 0.586 bits per heavy atom. The minimum Gasteiger partial charge on any atom is -0.289 e. The second-order valence-electron chi connectivity index (χ2n) is 15.6. The third kappa shape index (κ3) is 13.5. The molecule has 0 aliphatic carbocycles. The topological polar surface area (TPSA) is 17.1 Å². The standard InChI is InChI=1S/C32H12BF24.C11H15OS/c34-25(35,36)13-1-14(26(37,38)39)6-21(5-13)33(22-7-15(27(40,41)42)2-16(8-22)28(43,44)45,23-9-17(29(46,47)48)3-18(10-23)30(49,50)51)24-11-19(31(52,53)54)4-20(12-24)32(55,56)57;1-9-5-4-6-10(7-9)11(12)8-13(2)3/h1-12H;4-7H,8H2,1-3H3/q-1;+1. The molecule has 0 bridgehead atoms. The van der Waals surface area contributed by atoms with Crippen LogP contribution in [0.4, 0.5) is 105 Å². The summed E-state index contributed by atoms with van der Waals surface area (Å²) < 4.78 is 341. The molecule has 0 aliphatic heterocycles. The Balaban J connectivity index is 0.000000707. The maximum Gasteiger partial charge on any atom is 0.416 e. The monoisotopic (exact) mass is 1060 g/mol. The number of alkyl halides is 24. The fourth-order valence-electron chi connectivity index (χ4n) is 7.23. The summed E-state index contributed by atoms with van der Waals surface area (Å²) in [5.74, 6) is 0.931. The lowest BCUT2D eigenvalue weighted by molar-refractivity contribution is -0.144. The van der Waals surface area contributed by atoms with Crippen molar-refractivity contribution in [3.63, 3.8) is 0 Å². The first-order valence-corrected chi connectivity index (χ1v) is 21.1. The Labute approximate surface area is 381 Å². The van der Waals surface area contributed by atoms with E-state index in [9.17, 15) is 110 Å². The number of aryl methyl sites for hydroxylation is 1. The molecule has 0 radical (unpaired) electrons. The first-order valence-electron chi connectivity index (χ1n) is 18.9. The summed E-state index contributed by atoms with van der Waals surface area (Å²) in [5, 5.41) is 0. The van der Waals surface area contributed by atoms with Crippen LogP contribution in [0.1, 0.15) is 60.4 Å². The molecule has 70 heavy (non-hydrogen) atoms. The summed E-state index contributed by atoms with van der Waals surface area (Å²) in [7, 11) is 0.198. The molecule has 1 nitrogen and oxygen atoms in total. The number of ketones is 1. The molecule has 0 fully saturated rings. The van der Waals surface area contributed by atoms with Crippen LogP contribution in [-0.4, -0.2) is 30.2 Å². The van der Waals surface area contributed by atoms with Crippen LogP contribution < -0.4 is 21.9 Å². The summed E-state index contributed by atoms with van der Waals surface area (Å²) in [6.45, 7) is 2.01. The summed E-state index contributed by atoms with van der Waals surface area (Å²) >= 11 is 0. The van der Waals surface area contributed by atoms with Crippen molar-refractivity contribution in [1.82, 2.24) is 0 Å². The van der Waals surface area contributed by atoms with Crippen LogP contribution in [-0.2, 0) is 60.3 Å². The van der Waals surface area contributed by atoms with E-state index in [1.165, 1.54) is 0 Å². The van der Waals surface area contributed by atoms with Gasteiger partial charge in [-0.2, -0.15) is 127 Å². The minimum absolute atomic E-state index is 0.198. The molecule has 0 atom stereocenters. The molecule has 0 heterocycles. The van der Waals surface area contributed by atoms with Crippen LogP contribution >= 0.6 is 0 Å². The zero-order valence-electron chi connectivity index (χ0n) is 34.9. The van der Waals surface area contributed by atoms with Crippen LogP contribution in [0.25, 0.3) is 0 Å². The Morgan fingerprint density at radius 1 is 0.371 bits per heavy atom. The molecule has 0 amide bonds. The smallest absolute Gasteiger partial charge is 0.289 e. The number of hydrogen-bond acceptors (Lipinski definition) is 1. The number of rotatable bonds is 7. The predicted octanol–water partition coefficient (Wildman–Crippen LogP) is 13.3. The molecule has 5 aromatic carbocycles.